The molecule has 0 radical (unpaired) electrons. The number of likely N-dealkylation sites (tertiary alicyclic amines) is 1. The van der Waals surface area contributed by atoms with Crippen molar-refractivity contribution in [1.29, 1.82) is 0 Å². The van der Waals surface area contributed by atoms with Crippen LogP contribution in [0.25, 0.3) is 0 Å². The summed E-state index contributed by atoms with van der Waals surface area (Å²) in [5.41, 5.74) is 0.814. The molecule has 1 saturated heterocycles. The molecule has 0 spiro atoms. The van der Waals surface area contributed by atoms with Crippen molar-refractivity contribution in [3.8, 4) is 11.5 Å². The van der Waals surface area contributed by atoms with Crippen molar-refractivity contribution in [2.24, 2.45) is 0 Å². The molecule has 0 amide bonds. The Balaban J connectivity index is 1.97. The summed E-state index contributed by atoms with van der Waals surface area (Å²) in [6, 6.07) is 3.71. The Hall–Kier alpha value is -0.780. The van der Waals surface area contributed by atoms with Gasteiger partial charge >= 0.3 is 0 Å². The SMILES string of the molecule is CCOc1cc(CO)cc(Br)c1OCCN1CCCCC1. The van der Waals surface area contributed by atoms with E-state index < -0.39 is 0 Å². The number of rotatable bonds is 7. The molecule has 1 aliphatic rings. The molecule has 2 rings (SSSR count). The van der Waals surface area contributed by atoms with Gasteiger partial charge in [-0.3, -0.25) is 4.90 Å². The van der Waals surface area contributed by atoms with Gasteiger partial charge in [-0.25, -0.2) is 0 Å². The minimum atomic E-state index is -0.00721. The highest BCUT2D eigenvalue weighted by atomic mass is 79.9. The molecular weight excluding hydrogens is 334 g/mol. The first-order valence-corrected chi connectivity index (χ1v) is 8.45. The standard InChI is InChI=1S/C16H24BrNO3/c1-2-20-15-11-13(12-19)10-14(17)16(15)21-9-8-18-6-4-3-5-7-18/h10-11,19H,2-9,12H2,1H3. The van der Waals surface area contributed by atoms with E-state index in [1.165, 1.54) is 32.4 Å². The number of aliphatic hydroxyl groups excluding tert-OH is 1. The molecule has 1 aromatic rings. The molecule has 0 bridgehead atoms. The molecule has 1 heterocycles. The Bertz CT molecular complexity index is 447. The summed E-state index contributed by atoms with van der Waals surface area (Å²) in [6.45, 7) is 6.45. The maximum atomic E-state index is 9.27. The van der Waals surface area contributed by atoms with Crippen molar-refractivity contribution >= 4 is 15.9 Å². The van der Waals surface area contributed by atoms with Crippen LogP contribution in [0.5, 0.6) is 11.5 Å². The predicted octanol–water partition coefficient (Wildman–Crippen LogP) is 3.20. The second-order valence-corrected chi connectivity index (χ2v) is 6.10. The van der Waals surface area contributed by atoms with E-state index in [-0.39, 0.29) is 6.61 Å². The molecule has 118 valence electrons. The number of halogens is 1. The summed E-state index contributed by atoms with van der Waals surface area (Å²) < 4.78 is 12.4. The van der Waals surface area contributed by atoms with Crippen LogP contribution >= 0.6 is 15.9 Å². The Morgan fingerprint density at radius 2 is 1.95 bits per heavy atom. The normalized spacial score (nSPS) is 16.0. The average molecular weight is 358 g/mol. The lowest BCUT2D eigenvalue weighted by Crippen LogP contribution is -2.33. The molecule has 0 atom stereocenters. The Morgan fingerprint density at radius 1 is 1.19 bits per heavy atom. The van der Waals surface area contributed by atoms with E-state index in [0.29, 0.717) is 19.0 Å². The molecule has 21 heavy (non-hydrogen) atoms. The van der Waals surface area contributed by atoms with Crippen LogP contribution in [0.15, 0.2) is 16.6 Å². The molecule has 0 unspecified atom stereocenters. The van der Waals surface area contributed by atoms with Gasteiger partial charge in [0.15, 0.2) is 11.5 Å². The molecule has 0 saturated carbocycles. The summed E-state index contributed by atoms with van der Waals surface area (Å²) in [5.74, 6) is 1.42. The third kappa shape index (κ3) is 4.87. The molecule has 1 fully saturated rings. The zero-order valence-corrected chi connectivity index (χ0v) is 14.2. The highest BCUT2D eigenvalue weighted by Crippen LogP contribution is 2.37. The van der Waals surface area contributed by atoms with Gasteiger partial charge < -0.3 is 14.6 Å². The predicted molar refractivity (Wildman–Crippen MR) is 87.0 cm³/mol. The first-order chi connectivity index (χ1) is 10.2. The third-order valence-corrected chi connectivity index (χ3v) is 4.24. The van der Waals surface area contributed by atoms with Crippen molar-refractivity contribution in [2.75, 3.05) is 32.8 Å². The highest BCUT2D eigenvalue weighted by Gasteiger charge is 2.14. The van der Waals surface area contributed by atoms with E-state index in [9.17, 15) is 5.11 Å². The second kappa shape index (κ2) is 8.61. The Morgan fingerprint density at radius 3 is 2.62 bits per heavy atom. The van der Waals surface area contributed by atoms with Gasteiger partial charge in [-0.2, -0.15) is 0 Å². The van der Waals surface area contributed by atoms with Crippen molar-refractivity contribution in [2.45, 2.75) is 32.8 Å². The summed E-state index contributed by atoms with van der Waals surface area (Å²) in [4.78, 5) is 2.44. The minimum Gasteiger partial charge on any atom is -0.490 e. The molecule has 4 nitrogen and oxygen atoms in total. The maximum absolute atomic E-state index is 9.27. The Labute approximate surface area is 135 Å². The second-order valence-electron chi connectivity index (χ2n) is 5.25. The van der Waals surface area contributed by atoms with Gasteiger partial charge in [0.1, 0.15) is 6.61 Å². The van der Waals surface area contributed by atoms with Crippen LogP contribution in [-0.4, -0.2) is 42.9 Å². The fourth-order valence-corrected chi connectivity index (χ4v) is 3.18. The molecular formula is C16H24BrNO3. The van der Waals surface area contributed by atoms with Crippen LogP contribution in [0, 0.1) is 0 Å². The summed E-state index contributed by atoms with van der Waals surface area (Å²) >= 11 is 3.51. The first-order valence-electron chi connectivity index (χ1n) is 7.65. The number of aliphatic hydroxyl groups is 1. The lowest BCUT2D eigenvalue weighted by atomic mass is 10.1. The fraction of sp³-hybridized carbons (Fsp3) is 0.625. The number of nitrogens with zero attached hydrogens (tertiary/aromatic N) is 1. The molecule has 0 aliphatic carbocycles. The molecule has 5 heteroatoms. The van der Waals surface area contributed by atoms with Crippen LogP contribution in [0.3, 0.4) is 0 Å². The molecule has 1 N–H and O–H groups in total. The highest BCUT2D eigenvalue weighted by molar-refractivity contribution is 9.10. The van der Waals surface area contributed by atoms with E-state index >= 15 is 0 Å². The summed E-state index contributed by atoms with van der Waals surface area (Å²) in [5, 5.41) is 9.27. The topological polar surface area (TPSA) is 41.9 Å². The quantitative estimate of drug-likeness (QED) is 0.813. The van der Waals surface area contributed by atoms with E-state index in [1.807, 2.05) is 19.1 Å². The van der Waals surface area contributed by atoms with Crippen LogP contribution in [0.2, 0.25) is 0 Å². The van der Waals surface area contributed by atoms with E-state index in [2.05, 4.69) is 20.8 Å². The van der Waals surface area contributed by atoms with Crippen LogP contribution in [0.4, 0.5) is 0 Å². The number of benzene rings is 1. The average Bonchev–Trinajstić information content (AvgIpc) is 2.51. The van der Waals surface area contributed by atoms with E-state index in [1.54, 1.807) is 0 Å². The van der Waals surface area contributed by atoms with Crippen LogP contribution in [-0.2, 0) is 6.61 Å². The third-order valence-electron chi connectivity index (χ3n) is 3.65. The van der Waals surface area contributed by atoms with Crippen molar-refractivity contribution in [1.82, 2.24) is 4.90 Å². The number of piperidine rings is 1. The zero-order valence-electron chi connectivity index (χ0n) is 12.6. The number of hydrogen-bond acceptors (Lipinski definition) is 4. The van der Waals surface area contributed by atoms with E-state index in [4.69, 9.17) is 9.47 Å². The lowest BCUT2D eigenvalue weighted by Gasteiger charge is -2.26. The fourth-order valence-electron chi connectivity index (χ4n) is 2.58. The van der Waals surface area contributed by atoms with Gasteiger partial charge in [0.2, 0.25) is 0 Å². The van der Waals surface area contributed by atoms with Crippen LogP contribution in [0.1, 0.15) is 31.7 Å². The summed E-state index contributed by atoms with van der Waals surface area (Å²) in [7, 11) is 0. The molecule has 0 aromatic heterocycles. The number of hydrogen-bond donors (Lipinski definition) is 1. The smallest absolute Gasteiger partial charge is 0.175 e. The zero-order chi connectivity index (χ0) is 15.1. The maximum Gasteiger partial charge on any atom is 0.175 e. The molecule has 1 aliphatic heterocycles. The van der Waals surface area contributed by atoms with Crippen LogP contribution < -0.4 is 9.47 Å². The van der Waals surface area contributed by atoms with Crippen molar-refractivity contribution in [3.63, 3.8) is 0 Å². The van der Waals surface area contributed by atoms with Gasteiger partial charge in [0.05, 0.1) is 17.7 Å². The summed E-state index contributed by atoms with van der Waals surface area (Å²) in [6.07, 6.45) is 3.93. The monoisotopic (exact) mass is 357 g/mol. The Kier molecular flexibility index (Phi) is 6.80. The minimum absolute atomic E-state index is 0.00721. The van der Waals surface area contributed by atoms with Crippen molar-refractivity contribution < 1.29 is 14.6 Å². The van der Waals surface area contributed by atoms with Crippen molar-refractivity contribution in [3.05, 3.63) is 22.2 Å². The van der Waals surface area contributed by atoms with Gasteiger partial charge in [-0.1, -0.05) is 6.42 Å². The lowest BCUT2D eigenvalue weighted by molar-refractivity contribution is 0.179. The van der Waals surface area contributed by atoms with Gasteiger partial charge in [0.25, 0.3) is 0 Å². The van der Waals surface area contributed by atoms with Gasteiger partial charge in [-0.15, -0.1) is 0 Å². The van der Waals surface area contributed by atoms with Gasteiger partial charge in [-0.05, 0) is 66.5 Å². The largest absolute Gasteiger partial charge is 0.490 e. The molecule has 1 aromatic carbocycles. The van der Waals surface area contributed by atoms with E-state index in [0.717, 1.165) is 22.3 Å². The number of ether oxygens (including phenoxy) is 2. The first kappa shape index (κ1) is 16.6. The van der Waals surface area contributed by atoms with Gasteiger partial charge in [0, 0.05) is 6.54 Å².